The van der Waals surface area contributed by atoms with E-state index in [2.05, 4.69) is 9.80 Å². The molecule has 0 amide bonds. The van der Waals surface area contributed by atoms with Crippen LogP contribution < -0.4 is 14.4 Å². The second-order valence-electron chi connectivity index (χ2n) is 9.59. The van der Waals surface area contributed by atoms with Gasteiger partial charge in [-0.05, 0) is 12.1 Å². The van der Waals surface area contributed by atoms with E-state index in [4.69, 9.17) is 18.9 Å². The summed E-state index contributed by atoms with van der Waals surface area (Å²) >= 11 is 0. The van der Waals surface area contributed by atoms with E-state index in [1.165, 1.54) is 7.11 Å². The van der Waals surface area contributed by atoms with Gasteiger partial charge in [-0.25, -0.2) is 4.79 Å². The predicted octanol–water partition coefficient (Wildman–Crippen LogP) is 0.130. The number of phenolic OH excluding ortho intramolecular Hbond substituents is 2. The molecule has 12 heteroatoms. The highest BCUT2D eigenvalue weighted by atomic mass is 16.6. The monoisotopic (exact) mass is 532 g/mol. The zero-order valence-corrected chi connectivity index (χ0v) is 21.1. The van der Waals surface area contributed by atoms with E-state index in [1.54, 1.807) is 7.11 Å². The van der Waals surface area contributed by atoms with Crippen molar-refractivity contribution in [3.05, 3.63) is 41.0 Å². The summed E-state index contributed by atoms with van der Waals surface area (Å²) < 4.78 is 21.8. The van der Waals surface area contributed by atoms with Gasteiger partial charge in [-0.2, -0.15) is 0 Å². The molecule has 0 aliphatic carbocycles. The van der Waals surface area contributed by atoms with Crippen LogP contribution in [0.3, 0.4) is 0 Å². The zero-order chi connectivity index (χ0) is 27.1. The lowest BCUT2D eigenvalue weighted by Crippen LogP contribution is -2.58. The van der Waals surface area contributed by atoms with Crippen LogP contribution in [0.1, 0.15) is 27.6 Å². The van der Waals surface area contributed by atoms with E-state index < -0.39 is 54.6 Å². The quantitative estimate of drug-likeness (QED) is 0.320. The highest BCUT2D eigenvalue weighted by Crippen LogP contribution is 2.52. The number of hydrogen-bond donors (Lipinski definition) is 5. The standard InChI is InChI=1S/C26H32N2O10/c1-35-14-5-3-4-13(10-14)28-8-6-27(7-9-28)11-15-17-18(21(32)24(36-2)19(15)30)23-25(38-26(17)34)22(33)20(31)16(12-29)37-23/h3-5,10,16,20,22-23,25,29-33H,6-9,11-12H2,1-2H3/t16-,20-,22+,23?,25?/m0/s1. The van der Waals surface area contributed by atoms with Crippen LogP contribution in [0, 0.1) is 0 Å². The maximum atomic E-state index is 13.2. The molecule has 12 nitrogen and oxygen atoms in total. The first-order valence-electron chi connectivity index (χ1n) is 12.4. The first-order chi connectivity index (χ1) is 18.3. The number of esters is 1. The van der Waals surface area contributed by atoms with Crippen LogP contribution in [0.4, 0.5) is 5.69 Å². The van der Waals surface area contributed by atoms with Crippen molar-refractivity contribution in [3.8, 4) is 23.0 Å². The molecular weight excluding hydrogens is 500 g/mol. The van der Waals surface area contributed by atoms with Crippen molar-refractivity contribution in [1.82, 2.24) is 4.90 Å². The minimum atomic E-state index is -1.56. The van der Waals surface area contributed by atoms with Crippen LogP contribution >= 0.6 is 0 Å². The molecule has 5 rings (SSSR count). The molecule has 0 radical (unpaired) electrons. The molecule has 3 aliphatic heterocycles. The van der Waals surface area contributed by atoms with Gasteiger partial charge in [-0.15, -0.1) is 0 Å². The smallest absolute Gasteiger partial charge is 0.339 e. The Kier molecular flexibility index (Phi) is 7.25. The molecule has 3 heterocycles. The molecule has 0 spiro atoms. The average molecular weight is 533 g/mol. The first kappa shape index (κ1) is 26.3. The number of aliphatic hydroxyl groups excluding tert-OH is 3. The van der Waals surface area contributed by atoms with Gasteiger partial charge in [0, 0.05) is 55.6 Å². The highest BCUT2D eigenvalue weighted by Gasteiger charge is 2.53. The summed E-state index contributed by atoms with van der Waals surface area (Å²) in [6.07, 6.45) is -6.76. The maximum Gasteiger partial charge on any atom is 0.339 e. The number of rotatable bonds is 6. The molecule has 2 fully saturated rings. The van der Waals surface area contributed by atoms with Crippen molar-refractivity contribution in [2.75, 3.05) is 51.9 Å². The van der Waals surface area contributed by atoms with Gasteiger partial charge < -0.3 is 49.4 Å². The summed E-state index contributed by atoms with van der Waals surface area (Å²) in [7, 11) is 2.89. The Morgan fingerprint density at radius 2 is 1.76 bits per heavy atom. The molecule has 2 aromatic carbocycles. The third kappa shape index (κ3) is 4.37. The van der Waals surface area contributed by atoms with E-state index in [1.807, 2.05) is 24.3 Å². The number of fused-ring (bicyclic) bond motifs is 3. The van der Waals surface area contributed by atoms with Gasteiger partial charge in [0.2, 0.25) is 5.75 Å². The third-order valence-electron chi connectivity index (χ3n) is 7.52. The third-order valence-corrected chi connectivity index (χ3v) is 7.52. The molecule has 0 saturated carbocycles. The van der Waals surface area contributed by atoms with E-state index in [0.717, 1.165) is 11.4 Å². The number of aliphatic hydroxyl groups is 3. The van der Waals surface area contributed by atoms with E-state index in [9.17, 15) is 30.3 Å². The predicted molar refractivity (Wildman–Crippen MR) is 133 cm³/mol. The van der Waals surface area contributed by atoms with Gasteiger partial charge >= 0.3 is 5.97 Å². The lowest BCUT2D eigenvalue weighted by molar-refractivity contribution is -0.235. The SMILES string of the molecule is COc1cccc(N2CCN(Cc3c(O)c(OC)c(O)c4c3C(=O)OC3C4O[C@@H](CO)[C@H](O)[C@H]3O)CC2)c1. The van der Waals surface area contributed by atoms with E-state index in [0.29, 0.717) is 26.2 Å². The summed E-state index contributed by atoms with van der Waals surface area (Å²) in [4.78, 5) is 17.5. The normalized spacial score (nSPS) is 27.3. The Bertz CT molecular complexity index is 1200. The van der Waals surface area contributed by atoms with Gasteiger partial charge in [0.25, 0.3) is 0 Å². The Morgan fingerprint density at radius 3 is 2.42 bits per heavy atom. The summed E-state index contributed by atoms with van der Waals surface area (Å²) in [6.45, 7) is 2.15. The van der Waals surface area contributed by atoms with Crippen LogP contribution in [0.15, 0.2) is 24.3 Å². The fraction of sp³-hybridized carbons (Fsp3) is 0.500. The first-order valence-corrected chi connectivity index (χ1v) is 12.4. The Morgan fingerprint density at radius 1 is 1.03 bits per heavy atom. The number of carbonyl (C=O) groups is 1. The van der Waals surface area contributed by atoms with Gasteiger partial charge in [0.15, 0.2) is 17.6 Å². The second kappa shape index (κ2) is 10.5. The number of ether oxygens (including phenoxy) is 4. The second-order valence-corrected chi connectivity index (χ2v) is 9.59. The molecule has 2 saturated heterocycles. The largest absolute Gasteiger partial charge is 0.504 e. The molecule has 38 heavy (non-hydrogen) atoms. The molecule has 3 aliphatic rings. The average Bonchev–Trinajstić information content (AvgIpc) is 2.93. The van der Waals surface area contributed by atoms with Crippen molar-refractivity contribution >= 4 is 11.7 Å². The maximum absolute atomic E-state index is 13.2. The summed E-state index contributed by atoms with van der Waals surface area (Å²) in [5.41, 5.74) is 1.12. The number of methoxy groups -OCH3 is 2. The van der Waals surface area contributed by atoms with Crippen molar-refractivity contribution in [1.29, 1.82) is 0 Å². The molecule has 206 valence electrons. The van der Waals surface area contributed by atoms with Gasteiger partial charge in [-0.1, -0.05) is 6.07 Å². The summed E-state index contributed by atoms with van der Waals surface area (Å²) in [6, 6.07) is 7.78. The van der Waals surface area contributed by atoms with Gasteiger partial charge in [0.1, 0.15) is 30.2 Å². The Hall–Kier alpha value is -3.29. The fourth-order valence-electron chi connectivity index (χ4n) is 5.46. The number of piperazine rings is 1. The molecule has 0 bridgehead atoms. The number of benzene rings is 2. The van der Waals surface area contributed by atoms with Gasteiger partial charge in [0.05, 0.1) is 26.4 Å². The summed E-state index contributed by atoms with van der Waals surface area (Å²) in [5.74, 6) is -1.28. The van der Waals surface area contributed by atoms with Crippen LogP contribution in [-0.2, 0) is 16.0 Å². The van der Waals surface area contributed by atoms with Crippen LogP contribution in [0.5, 0.6) is 23.0 Å². The number of aromatic hydroxyl groups is 2. The van der Waals surface area contributed by atoms with Crippen LogP contribution in [0.25, 0.3) is 0 Å². The number of anilines is 1. The van der Waals surface area contributed by atoms with Crippen molar-refractivity contribution in [2.45, 2.75) is 37.1 Å². The topological polar surface area (TPSA) is 162 Å². The number of hydrogen-bond acceptors (Lipinski definition) is 12. The van der Waals surface area contributed by atoms with Crippen LogP contribution in [0.2, 0.25) is 0 Å². The zero-order valence-electron chi connectivity index (χ0n) is 21.1. The van der Waals surface area contributed by atoms with Gasteiger partial charge in [-0.3, -0.25) is 4.90 Å². The van der Waals surface area contributed by atoms with E-state index >= 15 is 0 Å². The summed E-state index contributed by atoms with van der Waals surface area (Å²) in [5, 5.41) is 52.5. The molecule has 0 aromatic heterocycles. The lowest BCUT2D eigenvalue weighted by atomic mass is 9.84. The minimum Gasteiger partial charge on any atom is -0.504 e. The highest BCUT2D eigenvalue weighted by molar-refractivity contribution is 5.97. The Labute approximate surface area is 219 Å². The number of nitrogens with zero attached hydrogens (tertiary/aromatic N) is 2. The van der Waals surface area contributed by atoms with Crippen molar-refractivity contribution in [2.24, 2.45) is 0 Å². The van der Waals surface area contributed by atoms with Crippen LogP contribution in [-0.4, -0.2) is 108 Å². The van der Waals surface area contributed by atoms with Crippen molar-refractivity contribution in [3.63, 3.8) is 0 Å². The van der Waals surface area contributed by atoms with E-state index in [-0.39, 0.29) is 29.0 Å². The minimum absolute atomic E-state index is 0.0182. The molecular formula is C26H32N2O10. The molecule has 5 N–H and O–H groups in total. The lowest BCUT2D eigenvalue weighted by Gasteiger charge is -2.45. The fourth-order valence-corrected chi connectivity index (χ4v) is 5.46. The molecule has 2 aromatic rings. The number of phenols is 2. The number of carbonyl (C=O) groups excluding carboxylic acids is 1. The molecule has 5 atom stereocenters. The Balaban J connectivity index is 1.45. The molecule has 2 unspecified atom stereocenters. The van der Waals surface area contributed by atoms with Crippen molar-refractivity contribution < 1.29 is 49.3 Å².